The van der Waals surface area contributed by atoms with E-state index in [0.717, 1.165) is 0 Å². The number of hydrogen-bond acceptors (Lipinski definition) is 3. The predicted molar refractivity (Wildman–Crippen MR) is 66.0 cm³/mol. The van der Waals surface area contributed by atoms with Gasteiger partial charge in [0.05, 0.1) is 29.4 Å². The normalized spacial score (nSPS) is 10.2. The van der Waals surface area contributed by atoms with Gasteiger partial charge in [-0.2, -0.15) is 0 Å². The summed E-state index contributed by atoms with van der Waals surface area (Å²) >= 11 is 11.6. The third kappa shape index (κ3) is 3.56. The lowest BCUT2D eigenvalue weighted by molar-refractivity contribution is -0.117. The number of rotatable bonds is 4. The molecule has 0 fully saturated rings. The van der Waals surface area contributed by atoms with Crippen molar-refractivity contribution in [1.82, 2.24) is 0 Å². The van der Waals surface area contributed by atoms with Crippen molar-refractivity contribution in [3.63, 3.8) is 0 Å². The van der Waals surface area contributed by atoms with Gasteiger partial charge in [-0.25, -0.2) is 0 Å². The van der Waals surface area contributed by atoms with Crippen LogP contribution in [0.3, 0.4) is 0 Å². The Morgan fingerprint density at radius 3 is 2.75 bits per heavy atom. The summed E-state index contributed by atoms with van der Waals surface area (Å²) in [5.74, 6) is -0.210. The molecule has 0 aliphatic rings. The predicted octanol–water partition coefficient (Wildman–Crippen LogP) is 2.55. The minimum Gasteiger partial charge on any atom is -0.397 e. The average molecular weight is 263 g/mol. The molecule has 0 aliphatic carbocycles. The van der Waals surface area contributed by atoms with Crippen molar-refractivity contribution >= 4 is 40.5 Å². The fraction of sp³-hybridized carbons (Fsp3) is 0.300. The van der Waals surface area contributed by atoms with Crippen molar-refractivity contribution in [3.05, 3.63) is 22.2 Å². The van der Waals surface area contributed by atoms with Gasteiger partial charge < -0.3 is 15.8 Å². The van der Waals surface area contributed by atoms with Gasteiger partial charge in [-0.05, 0) is 12.1 Å². The monoisotopic (exact) mass is 262 g/mol. The van der Waals surface area contributed by atoms with Crippen LogP contribution in [0.2, 0.25) is 10.0 Å². The van der Waals surface area contributed by atoms with Gasteiger partial charge in [0.2, 0.25) is 5.91 Å². The Bertz CT molecular complexity index is 373. The summed E-state index contributed by atoms with van der Waals surface area (Å²) in [7, 11) is 1.52. The molecule has 1 rings (SSSR count). The first kappa shape index (κ1) is 13.1. The lowest BCUT2D eigenvalue weighted by Gasteiger charge is -2.10. The largest absolute Gasteiger partial charge is 0.397 e. The second-order valence-electron chi connectivity index (χ2n) is 3.14. The van der Waals surface area contributed by atoms with Crippen LogP contribution in [0, 0.1) is 0 Å². The van der Waals surface area contributed by atoms with Gasteiger partial charge in [-0.3, -0.25) is 4.79 Å². The number of nitrogens with one attached hydrogen (secondary N) is 1. The molecule has 0 spiro atoms. The maximum Gasteiger partial charge on any atom is 0.226 e. The number of carbonyl (C=O) groups is 1. The molecule has 0 heterocycles. The second kappa shape index (κ2) is 5.94. The minimum atomic E-state index is -0.210. The van der Waals surface area contributed by atoms with Gasteiger partial charge in [0.25, 0.3) is 0 Å². The van der Waals surface area contributed by atoms with Crippen LogP contribution in [0.4, 0.5) is 11.4 Å². The van der Waals surface area contributed by atoms with Crippen molar-refractivity contribution in [1.29, 1.82) is 0 Å². The Balaban J connectivity index is 2.77. The topological polar surface area (TPSA) is 64.3 Å². The molecule has 88 valence electrons. The van der Waals surface area contributed by atoms with Gasteiger partial charge in [-0.1, -0.05) is 23.2 Å². The van der Waals surface area contributed by atoms with Gasteiger partial charge in [0, 0.05) is 12.1 Å². The standard InChI is InChI=1S/C10H12Cl2N2O2/c1-16-3-2-9(15)14-10-7(12)4-6(11)5-8(10)13/h4-5H,2-3,13H2,1H3,(H,14,15). The summed E-state index contributed by atoms with van der Waals surface area (Å²) in [4.78, 5) is 11.4. The van der Waals surface area contributed by atoms with E-state index < -0.39 is 0 Å². The highest BCUT2D eigenvalue weighted by Gasteiger charge is 2.10. The number of hydrogen-bond donors (Lipinski definition) is 2. The van der Waals surface area contributed by atoms with Crippen molar-refractivity contribution in [2.75, 3.05) is 24.8 Å². The highest BCUT2D eigenvalue weighted by Crippen LogP contribution is 2.31. The maximum absolute atomic E-state index is 11.4. The molecule has 6 heteroatoms. The molecule has 0 saturated carbocycles. The molecule has 3 N–H and O–H groups in total. The van der Waals surface area contributed by atoms with E-state index in [0.29, 0.717) is 28.0 Å². The molecule has 1 amide bonds. The molecule has 0 radical (unpaired) electrons. The SMILES string of the molecule is COCCC(=O)Nc1c(N)cc(Cl)cc1Cl. The number of nitrogen functional groups attached to an aromatic ring is 1. The zero-order valence-electron chi connectivity index (χ0n) is 8.72. The number of anilines is 2. The molecule has 4 nitrogen and oxygen atoms in total. The minimum absolute atomic E-state index is 0.210. The lowest BCUT2D eigenvalue weighted by Crippen LogP contribution is -2.15. The Kier molecular flexibility index (Phi) is 4.86. The third-order valence-electron chi connectivity index (χ3n) is 1.88. The van der Waals surface area contributed by atoms with E-state index in [-0.39, 0.29) is 12.3 Å². The Hall–Kier alpha value is -0.970. The van der Waals surface area contributed by atoms with Crippen LogP contribution in [0.1, 0.15) is 6.42 Å². The second-order valence-corrected chi connectivity index (χ2v) is 3.99. The molecule has 1 aromatic rings. The number of halogens is 2. The zero-order valence-corrected chi connectivity index (χ0v) is 10.2. The number of nitrogens with two attached hydrogens (primary N) is 1. The Labute approximate surface area is 104 Å². The fourth-order valence-electron chi connectivity index (χ4n) is 1.12. The highest BCUT2D eigenvalue weighted by atomic mass is 35.5. The quantitative estimate of drug-likeness (QED) is 0.820. The van der Waals surface area contributed by atoms with Gasteiger partial charge in [-0.15, -0.1) is 0 Å². The molecule has 0 bridgehead atoms. The van der Waals surface area contributed by atoms with Crippen LogP contribution in [0.15, 0.2) is 12.1 Å². The van der Waals surface area contributed by atoms with E-state index in [1.807, 2.05) is 0 Å². The van der Waals surface area contributed by atoms with Crippen LogP contribution >= 0.6 is 23.2 Å². The van der Waals surface area contributed by atoms with Gasteiger partial charge in [0.1, 0.15) is 0 Å². The first-order valence-corrected chi connectivity index (χ1v) is 5.33. The summed E-state index contributed by atoms with van der Waals surface area (Å²) in [5, 5.41) is 3.35. The van der Waals surface area contributed by atoms with E-state index in [1.54, 1.807) is 0 Å². The number of methoxy groups -OCH3 is 1. The first-order chi connectivity index (χ1) is 7.54. The molecular weight excluding hydrogens is 251 g/mol. The van der Waals surface area contributed by atoms with Crippen molar-refractivity contribution in [2.45, 2.75) is 6.42 Å². The highest BCUT2D eigenvalue weighted by molar-refractivity contribution is 6.37. The average Bonchev–Trinajstić information content (AvgIpc) is 2.20. The van der Waals surface area contributed by atoms with Gasteiger partial charge >= 0.3 is 0 Å². The van der Waals surface area contributed by atoms with Crippen molar-refractivity contribution in [3.8, 4) is 0 Å². The van der Waals surface area contributed by atoms with Crippen LogP contribution in [-0.2, 0) is 9.53 Å². The summed E-state index contributed by atoms with van der Waals surface area (Å²) in [6, 6.07) is 3.05. The van der Waals surface area contributed by atoms with Crippen molar-refractivity contribution in [2.24, 2.45) is 0 Å². The number of benzene rings is 1. The zero-order chi connectivity index (χ0) is 12.1. The van der Waals surface area contributed by atoms with Crippen LogP contribution < -0.4 is 11.1 Å². The van der Waals surface area contributed by atoms with E-state index >= 15 is 0 Å². The smallest absolute Gasteiger partial charge is 0.226 e. The summed E-state index contributed by atoms with van der Waals surface area (Å²) < 4.78 is 4.78. The van der Waals surface area contributed by atoms with Crippen molar-refractivity contribution < 1.29 is 9.53 Å². The van der Waals surface area contributed by atoms with E-state index in [2.05, 4.69) is 5.32 Å². The molecule has 0 aliphatic heterocycles. The van der Waals surface area contributed by atoms with E-state index in [4.69, 9.17) is 33.7 Å². The Morgan fingerprint density at radius 1 is 1.50 bits per heavy atom. The van der Waals surface area contributed by atoms with E-state index in [1.165, 1.54) is 19.2 Å². The fourth-order valence-corrected chi connectivity index (χ4v) is 1.68. The van der Waals surface area contributed by atoms with Gasteiger partial charge in [0.15, 0.2) is 0 Å². The van der Waals surface area contributed by atoms with Crippen LogP contribution in [0.5, 0.6) is 0 Å². The Morgan fingerprint density at radius 2 is 2.19 bits per heavy atom. The third-order valence-corrected chi connectivity index (χ3v) is 2.40. The molecule has 0 atom stereocenters. The van der Waals surface area contributed by atoms with E-state index in [9.17, 15) is 4.79 Å². The summed E-state index contributed by atoms with van der Waals surface area (Å²) in [5.41, 5.74) is 6.40. The number of ether oxygens (including phenoxy) is 1. The molecule has 16 heavy (non-hydrogen) atoms. The summed E-state index contributed by atoms with van der Waals surface area (Å²) in [6.45, 7) is 0.344. The lowest BCUT2D eigenvalue weighted by atomic mass is 10.2. The maximum atomic E-state index is 11.4. The summed E-state index contributed by atoms with van der Waals surface area (Å²) in [6.07, 6.45) is 0.245. The first-order valence-electron chi connectivity index (χ1n) is 4.58. The molecule has 1 aromatic carbocycles. The molecule has 0 aromatic heterocycles. The number of amides is 1. The van der Waals surface area contributed by atoms with Crippen LogP contribution in [-0.4, -0.2) is 19.6 Å². The molecule has 0 saturated heterocycles. The molecular formula is C10H12Cl2N2O2. The molecule has 0 unspecified atom stereocenters. The number of carbonyl (C=O) groups excluding carboxylic acids is 1. The van der Waals surface area contributed by atoms with Crippen LogP contribution in [0.25, 0.3) is 0 Å².